The Morgan fingerprint density at radius 1 is 1.33 bits per heavy atom. The maximum Gasteiger partial charge on any atom is 0.137 e. The van der Waals surface area contributed by atoms with E-state index >= 15 is 0 Å². The van der Waals surface area contributed by atoms with Gasteiger partial charge in [-0.15, -0.1) is 0 Å². The average molecular weight is 327 g/mol. The van der Waals surface area contributed by atoms with Crippen LogP contribution in [0.25, 0.3) is 0 Å². The SMILES string of the molecule is NCCc1ccc(Sc2ncccc2Br)c(F)c1. The van der Waals surface area contributed by atoms with Gasteiger partial charge >= 0.3 is 0 Å². The summed E-state index contributed by atoms with van der Waals surface area (Å²) in [6, 6.07) is 8.91. The van der Waals surface area contributed by atoms with Crippen molar-refractivity contribution in [2.24, 2.45) is 5.73 Å². The van der Waals surface area contributed by atoms with Gasteiger partial charge in [0.15, 0.2) is 0 Å². The van der Waals surface area contributed by atoms with Gasteiger partial charge in [0.05, 0.1) is 4.47 Å². The lowest BCUT2D eigenvalue weighted by molar-refractivity contribution is 0.599. The van der Waals surface area contributed by atoms with Crippen molar-refractivity contribution in [3.05, 3.63) is 52.4 Å². The minimum absolute atomic E-state index is 0.233. The predicted molar refractivity (Wildman–Crippen MR) is 75.2 cm³/mol. The largest absolute Gasteiger partial charge is 0.330 e. The van der Waals surface area contributed by atoms with Gasteiger partial charge < -0.3 is 5.73 Å². The van der Waals surface area contributed by atoms with Gasteiger partial charge in [0.2, 0.25) is 0 Å². The molecule has 0 saturated carbocycles. The van der Waals surface area contributed by atoms with Crippen molar-refractivity contribution >= 4 is 27.7 Å². The van der Waals surface area contributed by atoms with Crippen LogP contribution >= 0.6 is 27.7 Å². The summed E-state index contributed by atoms with van der Waals surface area (Å²) >= 11 is 4.70. The summed E-state index contributed by atoms with van der Waals surface area (Å²) in [6.07, 6.45) is 2.38. The van der Waals surface area contributed by atoms with Crippen LogP contribution in [0.15, 0.2) is 50.9 Å². The molecule has 1 aromatic heterocycles. The molecule has 0 bridgehead atoms. The van der Waals surface area contributed by atoms with Gasteiger partial charge in [-0.25, -0.2) is 9.37 Å². The first kappa shape index (κ1) is 13.5. The number of nitrogens with two attached hydrogens (primary N) is 1. The standard InChI is InChI=1S/C13H12BrFN2S/c14-10-2-1-7-17-13(10)18-12-4-3-9(5-6-16)8-11(12)15/h1-4,7-8H,5-6,16H2. The van der Waals surface area contributed by atoms with Gasteiger partial charge in [0.25, 0.3) is 0 Å². The fourth-order valence-corrected chi connectivity index (χ4v) is 2.78. The third-order valence-corrected chi connectivity index (χ3v) is 4.33. The van der Waals surface area contributed by atoms with Crippen molar-refractivity contribution in [3.63, 3.8) is 0 Å². The number of hydrogen-bond acceptors (Lipinski definition) is 3. The van der Waals surface area contributed by atoms with Gasteiger partial charge in [-0.1, -0.05) is 17.8 Å². The van der Waals surface area contributed by atoms with Crippen LogP contribution in [-0.2, 0) is 6.42 Å². The van der Waals surface area contributed by atoms with Gasteiger partial charge in [-0.3, -0.25) is 0 Å². The van der Waals surface area contributed by atoms with Crippen LogP contribution < -0.4 is 5.73 Å². The fourth-order valence-electron chi connectivity index (χ4n) is 1.50. The Labute approximate surface area is 118 Å². The zero-order chi connectivity index (χ0) is 13.0. The molecular formula is C13H12BrFN2S. The number of halogens is 2. The smallest absolute Gasteiger partial charge is 0.137 e. The fraction of sp³-hybridized carbons (Fsp3) is 0.154. The van der Waals surface area contributed by atoms with E-state index in [-0.39, 0.29) is 5.82 Å². The monoisotopic (exact) mass is 326 g/mol. The van der Waals surface area contributed by atoms with E-state index in [1.807, 2.05) is 18.2 Å². The summed E-state index contributed by atoms with van der Waals surface area (Å²) in [6.45, 7) is 0.526. The predicted octanol–water partition coefficient (Wildman–Crippen LogP) is 3.64. The number of benzene rings is 1. The topological polar surface area (TPSA) is 38.9 Å². The van der Waals surface area contributed by atoms with Gasteiger partial charge in [0, 0.05) is 11.1 Å². The van der Waals surface area contributed by atoms with Crippen molar-refractivity contribution in [2.45, 2.75) is 16.3 Å². The molecule has 0 fully saturated rings. The number of pyridine rings is 1. The van der Waals surface area contributed by atoms with Crippen molar-refractivity contribution in [1.29, 1.82) is 0 Å². The maximum absolute atomic E-state index is 13.9. The summed E-state index contributed by atoms with van der Waals surface area (Å²) in [5, 5.41) is 0.753. The van der Waals surface area contributed by atoms with E-state index in [1.165, 1.54) is 17.8 Å². The van der Waals surface area contributed by atoms with Crippen molar-refractivity contribution in [3.8, 4) is 0 Å². The summed E-state index contributed by atoms with van der Waals surface area (Å²) in [4.78, 5) is 4.77. The molecule has 0 aliphatic carbocycles. The highest BCUT2D eigenvalue weighted by atomic mass is 79.9. The molecular weight excluding hydrogens is 315 g/mol. The Hall–Kier alpha value is -0.910. The molecule has 2 nitrogen and oxygen atoms in total. The lowest BCUT2D eigenvalue weighted by Crippen LogP contribution is -2.02. The number of rotatable bonds is 4. The molecule has 0 saturated heterocycles. The normalized spacial score (nSPS) is 10.6. The maximum atomic E-state index is 13.9. The van der Waals surface area contributed by atoms with Crippen LogP contribution in [0.1, 0.15) is 5.56 Å². The highest BCUT2D eigenvalue weighted by molar-refractivity contribution is 9.10. The van der Waals surface area contributed by atoms with Crippen LogP contribution in [0.3, 0.4) is 0 Å². The molecule has 18 heavy (non-hydrogen) atoms. The van der Waals surface area contributed by atoms with Crippen molar-refractivity contribution in [1.82, 2.24) is 4.98 Å². The average Bonchev–Trinajstić information content (AvgIpc) is 2.35. The van der Waals surface area contributed by atoms with E-state index in [0.717, 1.165) is 15.1 Å². The molecule has 94 valence electrons. The second-order valence-electron chi connectivity index (χ2n) is 3.70. The molecule has 2 aromatic rings. The molecule has 0 radical (unpaired) electrons. The Morgan fingerprint density at radius 3 is 2.83 bits per heavy atom. The minimum Gasteiger partial charge on any atom is -0.330 e. The molecule has 0 aliphatic rings. The Morgan fingerprint density at radius 2 is 2.17 bits per heavy atom. The van der Waals surface area contributed by atoms with Crippen molar-refractivity contribution < 1.29 is 4.39 Å². The third-order valence-electron chi connectivity index (χ3n) is 2.36. The molecule has 0 aliphatic heterocycles. The molecule has 1 heterocycles. The second-order valence-corrected chi connectivity index (χ2v) is 5.58. The molecule has 2 rings (SSSR count). The zero-order valence-corrected chi connectivity index (χ0v) is 12.0. The number of aromatic nitrogens is 1. The van der Waals surface area contributed by atoms with Crippen LogP contribution in [0, 0.1) is 5.82 Å². The van der Waals surface area contributed by atoms with Gasteiger partial charge in [-0.2, -0.15) is 0 Å². The van der Waals surface area contributed by atoms with E-state index in [2.05, 4.69) is 20.9 Å². The van der Waals surface area contributed by atoms with Crippen LogP contribution in [0.2, 0.25) is 0 Å². The number of hydrogen-bond donors (Lipinski definition) is 1. The Bertz CT molecular complexity index is 548. The van der Waals surface area contributed by atoms with E-state index < -0.39 is 0 Å². The second kappa shape index (κ2) is 6.31. The van der Waals surface area contributed by atoms with E-state index in [1.54, 1.807) is 12.3 Å². The van der Waals surface area contributed by atoms with Crippen molar-refractivity contribution in [2.75, 3.05) is 6.54 Å². The number of nitrogens with zero attached hydrogens (tertiary/aromatic N) is 1. The van der Waals surface area contributed by atoms with E-state index in [0.29, 0.717) is 17.9 Å². The highest BCUT2D eigenvalue weighted by Gasteiger charge is 2.08. The molecule has 0 atom stereocenters. The summed E-state index contributed by atoms with van der Waals surface area (Å²) in [7, 11) is 0. The first-order valence-corrected chi connectivity index (χ1v) is 7.08. The summed E-state index contributed by atoms with van der Waals surface area (Å²) in [5.74, 6) is -0.233. The lowest BCUT2D eigenvalue weighted by atomic mass is 10.1. The van der Waals surface area contributed by atoms with Crippen LogP contribution in [-0.4, -0.2) is 11.5 Å². The highest BCUT2D eigenvalue weighted by Crippen LogP contribution is 2.33. The first-order chi connectivity index (χ1) is 8.70. The molecule has 1 aromatic carbocycles. The minimum atomic E-state index is -0.233. The lowest BCUT2D eigenvalue weighted by Gasteiger charge is -2.06. The molecule has 5 heteroatoms. The quantitative estimate of drug-likeness (QED) is 0.932. The van der Waals surface area contributed by atoms with Gasteiger partial charge in [-0.05, 0) is 58.7 Å². The molecule has 0 amide bonds. The van der Waals surface area contributed by atoms with Crippen LogP contribution in [0.4, 0.5) is 4.39 Å². The third kappa shape index (κ3) is 3.31. The van der Waals surface area contributed by atoms with Crippen LogP contribution in [0.5, 0.6) is 0 Å². The van der Waals surface area contributed by atoms with Gasteiger partial charge in [0.1, 0.15) is 10.8 Å². The zero-order valence-electron chi connectivity index (χ0n) is 9.57. The molecule has 0 unspecified atom stereocenters. The summed E-state index contributed by atoms with van der Waals surface area (Å²) in [5.41, 5.74) is 6.36. The first-order valence-electron chi connectivity index (χ1n) is 5.47. The Balaban J connectivity index is 2.22. The van der Waals surface area contributed by atoms with E-state index in [4.69, 9.17) is 5.73 Å². The van der Waals surface area contributed by atoms with E-state index in [9.17, 15) is 4.39 Å². The molecule has 0 spiro atoms. The Kier molecular flexibility index (Phi) is 4.74. The molecule has 2 N–H and O–H groups in total. The summed E-state index contributed by atoms with van der Waals surface area (Å²) < 4.78 is 14.7.